The van der Waals surface area contributed by atoms with Crippen LogP contribution in [0.25, 0.3) is 0 Å². The van der Waals surface area contributed by atoms with Crippen molar-refractivity contribution < 1.29 is 23.6 Å². The molecule has 0 fully saturated rings. The van der Waals surface area contributed by atoms with Crippen LogP contribution in [0.2, 0.25) is 4.44 Å². The van der Waals surface area contributed by atoms with Crippen molar-refractivity contribution in [2.24, 2.45) is 16.2 Å². The van der Waals surface area contributed by atoms with Crippen molar-refractivity contribution in [1.82, 2.24) is 0 Å². The predicted molar refractivity (Wildman–Crippen MR) is 121 cm³/mol. The van der Waals surface area contributed by atoms with Crippen LogP contribution in [0.4, 0.5) is 0 Å². The second-order valence-corrected chi connectivity index (χ2v) is 18.2. The molecule has 0 aliphatic carbocycles. The number of rotatable bonds is 10. The average Bonchev–Trinajstić information content (AvgIpc) is 2.55. The van der Waals surface area contributed by atoms with E-state index in [-0.39, 0.29) is 0 Å². The Hall–Kier alpha value is -0.791. The average molecular weight is 535 g/mol. The van der Waals surface area contributed by atoms with E-state index in [2.05, 4.69) is 6.92 Å². The van der Waals surface area contributed by atoms with E-state index in [0.29, 0.717) is 10.9 Å². The van der Waals surface area contributed by atoms with Crippen LogP contribution >= 0.6 is 0 Å². The van der Waals surface area contributed by atoms with Gasteiger partial charge in [-0.3, -0.25) is 0 Å². The summed E-state index contributed by atoms with van der Waals surface area (Å²) in [5.41, 5.74) is -2.40. The summed E-state index contributed by atoms with van der Waals surface area (Å²) in [7, 11) is 0. The van der Waals surface area contributed by atoms with Gasteiger partial charge in [-0.1, -0.05) is 0 Å². The Kier molecular flexibility index (Phi) is 11.4. The van der Waals surface area contributed by atoms with E-state index >= 15 is 0 Å². The van der Waals surface area contributed by atoms with Gasteiger partial charge in [0, 0.05) is 0 Å². The monoisotopic (exact) mass is 536 g/mol. The van der Waals surface area contributed by atoms with Crippen LogP contribution in [0.15, 0.2) is 0 Å². The third kappa shape index (κ3) is 11.0. The van der Waals surface area contributed by atoms with Crippen LogP contribution in [-0.2, 0) is 23.6 Å². The maximum absolute atomic E-state index is 12.8. The normalized spacial score (nSPS) is 13.0. The van der Waals surface area contributed by atoms with Crippen LogP contribution in [-0.4, -0.2) is 37.5 Å². The summed E-state index contributed by atoms with van der Waals surface area (Å²) in [4.78, 5) is 38.3. The molecule has 0 rings (SSSR count). The van der Waals surface area contributed by atoms with Gasteiger partial charge in [0.25, 0.3) is 0 Å². The Labute approximate surface area is 189 Å². The Morgan fingerprint density at radius 2 is 0.867 bits per heavy atom. The molecule has 0 aliphatic heterocycles. The molecule has 0 aromatic rings. The molecule has 0 heterocycles. The third-order valence-corrected chi connectivity index (χ3v) is 11.4. The first-order valence-electron chi connectivity index (χ1n) is 11.1. The van der Waals surface area contributed by atoms with Crippen molar-refractivity contribution in [3.63, 3.8) is 0 Å². The summed E-state index contributed by atoms with van der Waals surface area (Å²) in [5.74, 6) is -1.52. The summed E-state index contributed by atoms with van der Waals surface area (Å²) in [6.45, 7) is 17.7. The molecule has 0 aromatic heterocycles. The van der Waals surface area contributed by atoms with Crippen molar-refractivity contribution in [2.45, 2.75) is 112 Å². The van der Waals surface area contributed by atoms with Crippen LogP contribution < -0.4 is 0 Å². The second kappa shape index (κ2) is 11.7. The zero-order valence-corrected chi connectivity index (χ0v) is 23.8. The minimum absolute atomic E-state index is 0.312. The van der Waals surface area contributed by atoms with Crippen molar-refractivity contribution in [1.29, 1.82) is 0 Å². The van der Waals surface area contributed by atoms with Gasteiger partial charge >= 0.3 is 190 Å². The molecular formula is C23H44O6Sn. The fraction of sp³-hybridized carbons (Fsp3) is 0.870. The fourth-order valence-corrected chi connectivity index (χ4v) is 10.4. The summed E-state index contributed by atoms with van der Waals surface area (Å²) >= 11 is -4.89. The first kappa shape index (κ1) is 29.2. The maximum atomic E-state index is 12.8. The Morgan fingerprint density at radius 3 is 1.17 bits per heavy atom. The predicted octanol–water partition coefficient (Wildman–Crippen LogP) is 6.05. The van der Waals surface area contributed by atoms with E-state index in [1.807, 2.05) is 0 Å². The molecule has 0 atom stereocenters. The van der Waals surface area contributed by atoms with E-state index in [0.717, 1.165) is 25.7 Å². The number of hydrogen-bond donors (Lipinski definition) is 0. The molecule has 0 amide bonds. The molecule has 0 saturated heterocycles. The summed E-state index contributed by atoms with van der Waals surface area (Å²) in [6, 6.07) is 0. The van der Waals surface area contributed by atoms with Gasteiger partial charge in [0.15, 0.2) is 0 Å². The van der Waals surface area contributed by atoms with Gasteiger partial charge in [-0.05, 0) is 0 Å². The Balaban J connectivity index is 5.82. The number of hydrogen-bond acceptors (Lipinski definition) is 6. The van der Waals surface area contributed by atoms with Crippen molar-refractivity contribution in [2.75, 3.05) is 0 Å². The van der Waals surface area contributed by atoms with Crippen molar-refractivity contribution in [3.8, 4) is 0 Å². The minimum atomic E-state index is -4.89. The third-order valence-electron chi connectivity index (χ3n) is 4.42. The van der Waals surface area contributed by atoms with Gasteiger partial charge in [-0.25, -0.2) is 0 Å². The molecule has 30 heavy (non-hydrogen) atoms. The summed E-state index contributed by atoms with van der Waals surface area (Å²) in [6.07, 6.45) is 6.09. The number of carbonyl (C=O) groups is 3. The topological polar surface area (TPSA) is 78.9 Å². The molecule has 0 aliphatic rings. The van der Waals surface area contributed by atoms with Gasteiger partial charge in [-0.15, -0.1) is 0 Å². The zero-order chi connectivity index (χ0) is 23.8. The van der Waals surface area contributed by atoms with E-state index < -0.39 is 53.8 Å². The molecule has 0 radical (unpaired) electrons. The molecule has 0 bridgehead atoms. The number of carbonyl (C=O) groups excluding carboxylic acids is 3. The molecule has 6 nitrogen and oxygen atoms in total. The molecule has 176 valence electrons. The molecular weight excluding hydrogens is 491 g/mol. The standard InChI is InChI=1S/C8H17.3C5H10O2.Sn/c1-3-5-7-8-6-4-2;3*1-5(2,3)4(6)7;/h1,3-8H2,2H3;3*1-3H3,(H,6,7);/q;;;;+3/p-3. The van der Waals surface area contributed by atoms with Crippen LogP contribution in [0, 0.1) is 16.2 Å². The van der Waals surface area contributed by atoms with Gasteiger partial charge in [-0.2, -0.15) is 0 Å². The van der Waals surface area contributed by atoms with Crippen molar-refractivity contribution >= 4 is 37.5 Å². The van der Waals surface area contributed by atoms with Crippen molar-refractivity contribution in [3.05, 3.63) is 0 Å². The fourth-order valence-electron chi connectivity index (χ4n) is 2.22. The van der Waals surface area contributed by atoms with E-state index in [9.17, 15) is 14.4 Å². The van der Waals surface area contributed by atoms with Gasteiger partial charge in [0.2, 0.25) is 0 Å². The summed E-state index contributed by atoms with van der Waals surface area (Å²) in [5, 5.41) is 0. The number of unbranched alkanes of at least 4 members (excludes halogenated alkanes) is 5. The first-order chi connectivity index (χ1) is 13.4. The van der Waals surface area contributed by atoms with Gasteiger partial charge in [0.05, 0.1) is 0 Å². The molecule has 0 saturated carbocycles. The summed E-state index contributed by atoms with van der Waals surface area (Å²) < 4.78 is 17.9. The quantitative estimate of drug-likeness (QED) is 0.250. The molecule has 0 spiro atoms. The van der Waals surface area contributed by atoms with Crippen LogP contribution in [0.1, 0.15) is 108 Å². The molecule has 0 aromatic carbocycles. The van der Waals surface area contributed by atoms with Crippen LogP contribution in [0.3, 0.4) is 0 Å². The SMILES string of the molecule is CCCCCCC[CH2][Sn]([O]C(=O)C(C)(C)C)([O]C(=O)C(C)(C)C)[O]C(=O)C(C)(C)C. The first-order valence-corrected chi connectivity index (χ1v) is 16.7. The Bertz CT molecular complexity index is 509. The molecule has 0 N–H and O–H groups in total. The van der Waals surface area contributed by atoms with E-state index in [1.54, 1.807) is 62.3 Å². The second-order valence-electron chi connectivity index (χ2n) is 11.1. The van der Waals surface area contributed by atoms with Gasteiger partial charge in [0.1, 0.15) is 0 Å². The van der Waals surface area contributed by atoms with E-state index in [1.165, 1.54) is 6.42 Å². The van der Waals surface area contributed by atoms with E-state index in [4.69, 9.17) is 9.22 Å². The van der Waals surface area contributed by atoms with Gasteiger partial charge < -0.3 is 0 Å². The van der Waals surface area contributed by atoms with Crippen LogP contribution in [0.5, 0.6) is 0 Å². The molecule has 7 heteroatoms. The molecule has 0 unspecified atom stereocenters. The zero-order valence-electron chi connectivity index (χ0n) is 20.9. The Morgan fingerprint density at radius 1 is 0.567 bits per heavy atom.